The van der Waals surface area contributed by atoms with Gasteiger partial charge in [0.1, 0.15) is 4.88 Å². The Kier molecular flexibility index (Phi) is 6.11. The van der Waals surface area contributed by atoms with Gasteiger partial charge in [0.2, 0.25) is 5.13 Å². The van der Waals surface area contributed by atoms with Crippen molar-refractivity contribution in [2.24, 2.45) is 0 Å². The SMILES string of the molecule is Cc1nc(-n2nc(C)c(Cc3ccc(Cl)cc3)c2[O-])sc1C(=O)N1CCCCCC1. The summed E-state index contributed by atoms with van der Waals surface area (Å²) in [5.41, 5.74) is 2.94. The standard InChI is InChI=1S/C22H25ClN4O2S/c1-14-18(13-16-7-9-17(23)10-8-16)20(28)27(25-14)22-24-15(2)19(30-22)21(29)26-11-5-3-4-6-12-26/h7-10,28H,3-6,11-13H2,1-2H3/p-1. The van der Waals surface area contributed by atoms with Crippen molar-refractivity contribution in [3.8, 4) is 11.0 Å². The second kappa shape index (κ2) is 8.78. The number of hydrogen-bond donors (Lipinski definition) is 0. The lowest BCUT2D eigenvalue weighted by atomic mass is 10.1. The lowest BCUT2D eigenvalue weighted by Crippen LogP contribution is -2.31. The van der Waals surface area contributed by atoms with Crippen LogP contribution < -0.4 is 5.11 Å². The summed E-state index contributed by atoms with van der Waals surface area (Å²) in [6.07, 6.45) is 4.88. The second-order valence-electron chi connectivity index (χ2n) is 7.70. The summed E-state index contributed by atoms with van der Waals surface area (Å²) in [4.78, 5) is 20.0. The zero-order chi connectivity index (χ0) is 21.3. The maximum absolute atomic E-state index is 13.0. The molecule has 0 bridgehead atoms. The Bertz CT molecular complexity index is 1050. The topological polar surface area (TPSA) is 74.1 Å². The number of carbonyl (C=O) groups excluding carboxylic acids is 1. The first-order chi connectivity index (χ1) is 14.4. The molecule has 1 amide bonds. The minimum atomic E-state index is -0.190. The molecule has 1 aromatic carbocycles. The Morgan fingerprint density at radius 3 is 2.43 bits per heavy atom. The third kappa shape index (κ3) is 4.23. The summed E-state index contributed by atoms with van der Waals surface area (Å²) < 4.78 is 1.33. The van der Waals surface area contributed by atoms with E-state index in [1.54, 1.807) is 0 Å². The quantitative estimate of drug-likeness (QED) is 0.603. The van der Waals surface area contributed by atoms with Gasteiger partial charge in [0.05, 0.1) is 11.4 Å². The number of halogens is 1. The Morgan fingerprint density at radius 1 is 1.10 bits per heavy atom. The summed E-state index contributed by atoms with van der Waals surface area (Å²) in [6, 6.07) is 7.44. The van der Waals surface area contributed by atoms with Crippen LogP contribution in [0, 0.1) is 13.8 Å². The van der Waals surface area contributed by atoms with Crippen LogP contribution in [0.1, 0.15) is 57.9 Å². The zero-order valence-electron chi connectivity index (χ0n) is 17.2. The van der Waals surface area contributed by atoms with Crippen LogP contribution in [0.25, 0.3) is 5.13 Å². The molecule has 2 aromatic heterocycles. The number of benzene rings is 1. The van der Waals surface area contributed by atoms with E-state index in [9.17, 15) is 9.90 Å². The lowest BCUT2D eigenvalue weighted by molar-refractivity contribution is -0.278. The van der Waals surface area contributed by atoms with Gasteiger partial charge in [-0.1, -0.05) is 47.9 Å². The van der Waals surface area contributed by atoms with Crippen molar-refractivity contribution in [2.75, 3.05) is 13.1 Å². The average Bonchev–Trinajstić information content (AvgIpc) is 3.09. The number of hydrogen-bond acceptors (Lipinski definition) is 5. The summed E-state index contributed by atoms with van der Waals surface area (Å²) >= 11 is 7.20. The van der Waals surface area contributed by atoms with Crippen LogP contribution in [0.4, 0.5) is 0 Å². The largest absolute Gasteiger partial charge is 0.858 e. The molecule has 158 valence electrons. The molecule has 3 aromatic rings. The van der Waals surface area contributed by atoms with E-state index in [4.69, 9.17) is 11.6 Å². The molecule has 8 heteroatoms. The van der Waals surface area contributed by atoms with Gasteiger partial charge in [0.25, 0.3) is 5.91 Å². The summed E-state index contributed by atoms with van der Waals surface area (Å²) in [7, 11) is 0. The summed E-state index contributed by atoms with van der Waals surface area (Å²) in [6.45, 7) is 5.21. The van der Waals surface area contributed by atoms with Crippen molar-refractivity contribution in [1.82, 2.24) is 19.7 Å². The zero-order valence-corrected chi connectivity index (χ0v) is 18.7. The summed E-state index contributed by atoms with van der Waals surface area (Å²) in [5.74, 6) is -0.180. The van der Waals surface area contributed by atoms with Crippen molar-refractivity contribution < 1.29 is 9.90 Å². The van der Waals surface area contributed by atoms with Crippen molar-refractivity contribution >= 4 is 28.8 Å². The Labute approximate surface area is 185 Å². The number of rotatable bonds is 4. The number of amides is 1. The minimum absolute atomic E-state index is 0.0101. The molecule has 0 atom stereocenters. The van der Waals surface area contributed by atoms with Crippen LogP contribution in [0.5, 0.6) is 5.88 Å². The molecule has 0 spiro atoms. The fraction of sp³-hybridized carbons (Fsp3) is 0.409. The molecular formula is C22H24ClN4O2S-. The van der Waals surface area contributed by atoms with E-state index in [1.165, 1.54) is 28.9 Å². The highest BCUT2D eigenvalue weighted by molar-refractivity contribution is 7.16. The van der Waals surface area contributed by atoms with E-state index in [0.29, 0.717) is 38.4 Å². The molecule has 0 radical (unpaired) electrons. The number of nitrogens with zero attached hydrogens (tertiary/aromatic N) is 4. The second-order valence-corrected chi connectivity index (χ2v) is 9.12. The first-order valence-corrected chi connectivity index (χ1v) is 11.4. The molecular weight excluding hydrogens is 420 g/mol. The third-order valence-corrected chi connectivity index (χ3v) is 6.86. The third-order valence-electron chi connectivity index (χ3n) is 5.49. The minimum Gasteiger partial charge on any atom is -0.858 e. The van der Waals surface area contributed by atoms with E-state index in [1.807, 2.05) is 43.0 Å². The molecule has 1 saturated heterocycles. The monoisotopic (exact) mass is 443 g/mol. The molecule has 3 heterocycles. The van der Waals surface area contributed by atoms with Gasteiger partial charge in [-0.25, -0.2) is 9.67 Å². The highest BCUT2D eigenvalue weighted by atomic mass is 35.5. The molecule has 0 N–H and O–H groups in total. The van der Waals surface area contributed by atoms with Crippen molar-refractivity contribution in [2.45, 2.75) is 46.0 Å². The van der Waals surface area contributed by atoms with E-state index in [0.717, 1.165) is 31.5 Å². The van der Waals surface area contributed by atoms with Crippen LogP contribution in [-0.4, -0.2) is 38.7 Å². The molecule has 1 aliphatic rings. The molecule has 30 heavy (non-hydrogen) atoms. The van der Waals surface area contributed by atoms with Gasteiger partial charge in [-0.2, -0.15) is 5.10 Å². The van der Waals surface area contributed by atoms with Gasteiger partial charge < -0.3 is 10.0 Å². The van der Waals surface area contributed by atoms with Gasteiger partial charge in [0, 0.05) is 24.5 Å². The van der Waals surface area contributed by atoms with E-state index < -0.39 is 0 Å². The maximum atomic E-state index is 13.0. The highest BCUT2D eigenvalue weighted by Gasteiger charge is 2.23. The fourth-order valence-corrected chi connectivity index (χ4v) is 4.88. The molecule has 6 nitrogen and oxygen atoms in total. The first-order valence-electron chi connectivity index (χ1n) is 10.2. The Morgan fingerprint density at radius 2 is 1.77 bits per heavy atom. The number of thiazole rings is 1. The van der Waals surface area contributed by atoms with Crippen LogP contribution in [-0.2, 0) is 6.42 Å². The number of carbonyl (C=O) groups is 1. The lowest BCUT2D eigenvalue weighted by Gasteiger charge is -2.19. The molecule has 4 rings (SSSR count). The van der Waals surface area contributed by atoms with Crippen LogP contribution in [0.2, 0.25) is 5.02 Å². The molecule has 0 aliphatic carbocycles. The van der Waals surface area contributed by atoms with Crippen molar-refractivity contribution in [3.63, 3.8) is 0 Å². The van der Waals surface area contributed by atoms with E-state index in [2.05, 4.69) is 10.1 Å². The predicted molar refractivity (Wildman–Crippen MR) is 117 cm³/mol. The van der Waals surface area contributed by atoms with Gasteiger partial charge in [0.15, 0.2) is 0 Å². The van der Waals surface area contributed by atoms with E-state index >= 15 is 0 Å². The smallest absolute Gasteiger partial charge is 0.265 e. The van der Waals surface area contributed by atoms with Crippen molar-refractivity contribution in [3.05, 3.63) is 56.7 Å². The van der Waals surface area contributed by atoms with Crippen LogP contribution >= 0.6 is 22.9 Å². The summed E-state index contributed by atoms with van der Waals surface area (Å²) in [5, 5.41) is 18.6. The fourth-order valence-electron chi connectivity index (χ4n) is 3.77. The number of aryl methyl sites for hydroxylation is 2. The van der Waals surface area contributed by atoms with Gasteiger partial charge in [-0.05, 0) is 55.8 Å². The predicted octanol–water partition coefficient (Wildman–Crippen LogP) is 4.28. The molecule has 0 saturated carbocycles. The van der Waals surface area contributed by atoms with Gasteiger partial charge in [-0.15, -0.1) is 0 Å². The van der Waals surface area contributed by atoms with Crippen LogP contribution in [0.3, 0.4) is 0 Å². The van der Waals surface area contributed by atoms with E-state index in [-0.39, 0.29) is 11.8 Å². The first kappa shape index (κ1) is 20.9. The molecule has 0 unspecified atom stereocenters. The molecule has 1 aliphatic heterocycles. The number of aromatic nitrogens is 3. The molecule has 1 fully saturated rings. The van der Waals surface area contributed by atoms with Gasteiger partial charge in [-0.3, -0.25) is 4.79 Å². The van der Waals surface area contributed by atoms with Crippen molar-refractivity contribution in [1.29, 1.82) is 0 Å². The number of likely N-dealkylation sites (tertiary alicyclic amines) is 1. The Balaban J connectivity index is 1.61. The maximum Gasteiger partial charge on any atom is 0.265 e. The highest BCUT2D eigenvalue weighted by Crippen LogP contribution is 2.30. The van der Waals surface area contributed by atoms with Gasteiger partial charge >= 0.3 is 0 Å². The van der Waals surface area contributed by atoms with Crippen LogP contribution in [0.15, 0.2) is 24.3 Å². The Hall–Kier alpha value is -2.38. The normalized spacial score (nSPS) is 14.7. The average molecular weight is 444 g/mol.